The zero-order valence-corrected chi connectivity index (χ0v) is 14.9. The van der Waals surface area contributed by atoms with Crippen LogP contribution >= 0.6 is 0 Å². The summed E-state index contributed by atoms with van der Waals surface area (Å²) in [5.74, 6) is 1.05. The highest BCUT2D eigenvalue weighted by Crippen LogP contribution is 2.27. The summed E-state index contributed by atoms with van der Waals surface area (Å²) in [4.78, 5) is 25.6. The SMILES string of the molecule is CNC(=O)[C@H]1CC(=O)N(c2ccc(OCc3ccccc3OC)cc2)C1. The van der Waals surface area contributed by atoms with E-state index in [-0.39, 0.29) is 24.2 Å². The van der Waals surface area contributed by atoms with E-state index >= 15 is 0 Å². The fourth-order valence-electron chi connectivity index (χ4n) is 3.04. The number of rotatable bonds is 6. The van der Waals surface area contributed by atoms with Crippen molar-refractivity contribution < 1.29 is 19.1 Å². The molecule has 0 aromatic heterocycles. The second-order valence-electron chi connectivity index (χ2n) is 6.11. The Bertz CT molecular complexity index is 789. The van der Waals surface area contributed by atoms with Gasteiger partial charge < -0.3 is 19.7 Å². The van der Waals surface area contributed by atoms with Crippen molar-refractivity contribution in [2.45, 2.75) is 13.0 Å². The predicted octanol–water partition coefficient (Wildman–Crippen LogP) is 2.37. The van der Waals surface area contributed by atoms with Crippen molar-refractivity contribution in [1.82, 2.24) is 5.32 Å². The number of carbonyl (C=O) groups excluding carboxylic acids is 2. The lowest BCUT2D eigenvalue weighted by Crippen LogP contribution is -2.30. The number of nitrogens with one attached hydrogen (secondary N) is 1. The second-order valence-corrected chi connectivity index (χ2v) is 6.11. The molecule has 2 aromatic rings. The first-order chi connectivity index (χ1) is 12.6. The minimum absolute atomic E-state index is 0.0405. The number of methoxy groups -OCH3 is 1. The largest absolute Gasteiger partial charge is 0.496 e. The van der Waals surface area contributed by atoms with Crippen LogP contribution in [0.25, 0.3) is 0 Å². The minimum atomic E-state index is -0.297. The smallest absolute Gasteiger partial charge is 0.227 e. The zero-order valence-electron chi connectivity index (χ0n) is 14.9. The van der Waals surface area contributed by atoms with Crippen molar-refractivity contribution in [3.05, 3.63) is 54.1 Å². The van der Waals surface area contributed by atoms with Gasteiger partial charge in [-0.3, -0.25) is 9.59 Å². The molecule has 136 valence electrons. The molecule has 0 saturated carbocycles. The van der Waals surface area contributed by atoms with Crippen molar-refractivity contribution in [2.75, 3.05) is 25.6 Å². The van der Waals surface area contributed by atoms with Gasteiger partial charge in [0.05, 0.1) is 13.0 Å². The van der Waals surface area contributed by atoms with Gasteiger partial charge in [0.2, 0.25) is 11.8 Å². The maximum atomic E-state index is 12.2. The van der Waals surface area contributed by atoms with Gasteiger partial charge in [-0.05, 0) is 30.3 Å². The fourth-order valence-corrected chi connectivity index (χ4v) is 3.04. The third-order valence-corrected chi connectivity index (χ3v) is 4.48. The lowest BCUT2D eigenvalue weighted by atomic mass is 10.1. The van der Waals surface area contributed by atoms with E-state index in [1.807, 2.05) is 48.5 Å². The van der Waals surface area contributed by atoms with Crippen molar-refractivity contribution in [1.29, 1.82) is 0 Å². The van der Waals surface area contributed by atoms with Crippen LogP contribution in [0.5, 0.6) is 11.5 Å². The maximum Gasteiger partial charge on any atom is 0.227 e. The monoisotopic (exact) mass is 354 g/mol. The summed E-state index contributed by atoms with van der Waals surface area (Å²) in [6.45, 7) is 0.796. The topological polar surface area (TPSA) is 67.9 Å². The lowest BCUT2D eigenvalue weighted by Gasteiger charge is -2.17. The van der Waals surface area contributed by atoms with Crippen LogP contribution in [0.3, 0.4) is 0 Å². The quantitative estimate of drug-likeness (QED) is 0.865. The summed E-state index contributed by atoms with van der Waals surface area (Å²) in [5.41, 5.74) is 1.73. The van der Waals surface area contributed by atoms with Gasteiger partial charge in [-0.25, -0.2) is 0 Å². The van der Waals surface area contributed by atoms with Crippen molar-refractivity contribution in [3.63, 3.8) is 0 Å². The van der Waals surface area contributed by atoms with Crippen LogP contribution in [-0.4, -0.2) is 32.5 Å². The molecule has 0 radical (unpaired) electrons. The van der Waals surface area contributed by atoms with Crippen molar-refractivity contribution >= 4 is 17.5 Å². The normalized spacial score (nSPS) is 16.5. The van der Waals surface area contributed by atoms with E-state index in [0.717, 1.165) is 17.0 Å². The molecule has 0 aliphatic carbocycles. The number of hydrogen-bond acceptors (Lipinski definition) is 4. The van der Waals surface area contributed by atoms with E-state index in [4.69, 9.17) is 9.47 Å². The highest BCUT2D eigenvalue weighted by atomic mass is 16.5. The summed E-state index contributed by atoms with van der Waals surface area (Å²) >= 11 is 0. The van der Waals surface area contributed by atoms with Gasteiger partial charge in [-0.15, -0.1) is 0 Å². The lowest BCUT2D eigenvalue weighted by molar-refractivity contribution is -0.125. The molecule has 1 heterocycles. The first-order valence-electron chi connectivity index (χ1n) is 8.49. The third-order valence-electron chi connectivity index (χ3n) is 4.48. The van der Waals surface area contributed by atoms with E-state index in [2.05, 4.69) is 5.32 Å². The molecule has 1 aliphatic rings. The van der Waals surface area contributed by atoms with E-state index in [9.17, 15) is 9.59 Å². The average molecular weight is 354 g/mol. The Kier molecular flexibility index (Phi) is 5.41. The summed E-state index contributed by atoms with van der Waals surface area (Å²) in [7, 11) is 3.22. The molecule has 6 nitrogen and oxygen atoms in total. The highest BCUT2D eigenvalue weighted by molar-refractivity contribution is 6.00. The van der Waals surface area contributed by atoms with E-state index < -0.39 is 0 Å². The fraction of sp³-hybridized carbons (Fsp3) is 0.300. The Morgan fingerprint density at radius 1 is 1.19 bits per heavy atom. The molecule has 1 saturated heterocycles. The van der Waals surface area contributed by atoms with Gasteiger partial charge in [0.1, 0.15) is 18.1 Å². The maximum absolute atomic E-state index is 12.2. The molecule has 0 bridgehead atoms. The molecule has 1 aliphatic heterocycles. The Labute approximate surface area is 152 Å². The molecule has 1 atom stereocenters. The third kappa shape index (κ3) is 3.79. The van der Waals surface area contributed by atoms with Crippen LogP contribution in [0.4, 0.5) is 5.69 Å². The summed E-state index contributed by atoms with van der Waals surface area (Å²) in [6.07, 6.45) is 0.242. The number of carbonyl (C=O) groups is 2. The van der Waals surface area contributed by atoms with Crippen molar-refractivity contribution in [2.24, 2.45) is 5.92 Å². The average Bonchev–Trinajstić information content (AvgIpc) is 3.08. The molecule has 1 N–H and O–H groups in total. The van der Waals surface area contributed by atoms with Crippen LogP contribution in [0.2, 0.25) is 0 Å². The summed E-state index contributed by atoms with van der Waals surface area (Å²) in [5, 5.41) is 2.60. The number of ether oxygens (including phenoxy) is 2. The van der Waals surface area contributed by atoms with E-state index in [0.29, 0.717) is 18.9 Å². The molecule has 0 spiro atoms. The van der Waals surface area contributed by atoms with Gasteiger partial charge in [0.15, 0.2) is 0 Å². The Morgan fingerprint density at radius 2 is 1.92 bits per heavy atom. The zero-order chi connectivity index (χ0) is 18.5. The highest BCUT2D eigenvalue weighted by Gasteiger charge is 2.34. The Hall–Kier alpha value is -3.02. The van der Waals surface area contributed by atoms with Gasteiger partial charge >= 0.3 is 0 Å². The van der Waals surface area contributed by atoms with Crippen LogP contribution in [0.15, 0.2) is 48.5 Å². The first kappa shape index (κ1) is 17.8. The van der Waals surface area contributed by atoms with Crippen molar-refractivity contribution in [3.8, 4) is 11.5 Å². The number of hydrogen-bond donors (Lipinski definition) is 1. The van der Waals surface area contributed by atoms with Crippen LogP contribution < -0.4 is 19.7 Å². The molecule has 26 heavy (non-hydrogen) atoms. The number of amides is 2. The summed E-state index contributed by atoms with van der Waals surface area (Å²) in [6, 6.07) is 15.0. The Morgan fingerprint density at radius 3 is 2.62 bits per heavy atom. The van der Waals surface area contributed by atoms with Gasteiger partial charge in [-0.2, -0.15) is 0 Å². The van der Waals surface area contributed by atoms with E-state index in [1.54, 1.807) is 19.1 Å². The molecule has 2 amide bonds. The molecule has 3 rings (SSSR count). The number of anilines is 1. The molecule has 6 heteroatoms. The molecule has 1 fully saturated rings. The molecular formula is C20H22N2O4. The molecule has 0 unspecified atom stereocenters. The van der Waals surface area contributed by atoms with E-state index in [1.165, 1.54) is 0 Å². The van der Waals surface area contributed by atoms with Gasteiger partial charge in [-0.1, -0.05) is 18.2 Å². The first-order valence-corrected chi connectivity index (χ1v) is 8.49. The minimum Gasteiger partial charge on any atom is -0.496 e. The van der Waals surface area contributed by atoms with Crippen LogP contribution in [-0.2, 0) is 16.2 Å². The number of para-hydroxylation sites is 1. The van der Waals surface area contributed by atoms with Crippen LogP contribution in [0.1, 0.15) is 12.0 Å². The molecule has 2 aromatic carbocycles. The van der Waals surface area contributed by atoms with Gasteiger partial charge in [0.25, 0.3) is 0 Å². The number of benzene rings is 2. The number of nitrogens with zero attached hydrogens (tertiary/aromatic N) is 1. The van der Waals surface area contributed by atoms with Crippen LogP contribution in [0, 0.1) is 5.92 Å². The van der Waals surface area contributed by atoms with Gasteiger partial charge in [0, 0.05) is 31.3 Å². The Balaban J connectivity index is 1.64. The predicted molar refractivity (Wildman–Crippen MR) is 98.3 cm³/mol. The second kappa shape index (κ2) is 7.91. The standard InChI is InChI=1S/C20H22N2O4/c1-21-20(24)15-11-19(23)22(12-15)16-7-9-17(10-8-16)26-13-14-5-3-4-6-18(14)25-2/h3-10,15H,11-13H2,1-2H3,(H,21,24)/t15-/m0/s1. The molecular weight excluding hydrogens is 332 g/mol. The summed E-state index contributed by atoms with van der Waals surface area (Å²) < 4.78 is 11.1.